The first-order valence-electron chi connectivity index (χ1n) is 13.9. The molecule has 1 aromatic carbocycles. The first kappa shape index (κ1) is 30.2. The van der Waals surface area contributed by atoms with Crippen LogP contribution in [-0.4, -0.2) is 83.8 Å². The molecule has 0 bridgehead atoms. The summed E-state index contributed by atoms with van der Waals surface area (Å²) in [6.07, 6.45) is -3.05. The molecule has 0 radical (unpaired) electrons. The minimum absolute atomic E-state index is 0.149. The molecule has 1 N–H and O–H groups in total. The molecule has 0 spiro atoms. The molecule has 2 saturated heterocycles. The summed E-state index contributed by atoms with van der Waals surface area (Å²) in [6.45, 7) is 8.79. The Kier molecular flexibility index (Phi) is 9.02. The molecule has 226 valence electrons. The number of pyridine rings is 1. The van der Waals surface area contributed by atoms with Gasteiger partial charge in [-0.05, 0) is 33.0 Å². The van der Waals surface area contributed by atoms with E-state index in [-0.39, 0.29) is 28.9 Å². The molecule has 4 heterocycles. The van der Waals surface area contributed by atoms with Gasteiger partial charge in [0, 0.05) is 74.9 Å². The Morgan fingerprint density at radius 2 is 1.83 bits per heavy atom. The minimum atomic E-state index is -3.05. The molecule has 13 heteroatoms. The molecule has 2 aromatic heterocycles. The number of thiazole rings is 1. The second-order valence-electron chi connectivity index (χ2n) is 10.9. The van der Waals surface area contributed by atoms with Crippen LogP contribution in [0.25, 0.3) is 10.6 Å². The van der Waals surface area contributed by atoms with Crippen LogP contribution in [-0.2, 0) is 18.3 Å². The molecule has 2 atom stereocenters. The Labute approximate surface area is 246 Å². The largest absolute Gasteiger partial charge is 0.379 e. The average Bonchev–Trinajstić information content (AvgIpc) is 3.41. The Morgan fingerprint density at radius 1 is 1.14 bits per heavy atom. The smallest absolute Gasteiger partial charge is 0.279 e. The van der Waals surface area contributed by atoms with Crippen molar-refractivity contribution < 1.29 is 22.7 Å². The van der Waals surface area contributed by atoms with Crippen LogP contribution in [0, 0.1) is 5.82 Å². The van der Waals surface area contributed by atoms with Crippen molar-refractivity contribution in [3.63, 3.8) is 0 Å². The summed E-state index contributed by atoms with van der Waals surface area (Å²) in [4.78, 5) is 36.6. The maximum atomic E-state index is 15.8. The van der Waals surface area contributed by atoms with Gasteiger partial charge in [-0.25, -0.2) is 18.2 Å². The van der Waals surface area contributed by atoms with Gasteiger partial charge >= 0.3 is 0 Å². The van der Waals surface area contributed by atoms with E-state index in [4.69, 9.17) is 4.74 Å². The monoisotopic (exact) mass is 604 g/mol. The van der Waals surface area contributed by atoms with E-state index in [1.807, 2.05) is 17.3 Å². The molecule has 9 nitrogen and oxygen atoms in total. The molecule has 0 unspecified atom stereocenters. The molecular formula is C29H35F3N6O3S. The number of hydrogen-bond acceptors (Lipinski definition) is 8. The van der Waals surface area contributed by atoms with Crippen LogP contribution >= 0.6 is 11.3 Å². The molecule has 1 amide bonds. The maximum Gasteiger partial charge on any atom is 0.279 e. The van der Waals surface area contributed by atoms with E-state index in [1.54, 1.807) is 0 Å². The van der Waals surface area contributed by atoms with Gasteiger partial charge < -0.3 is 19.5 Å². The van der Waals surface area contributed by atoms with Gasteiger partial charge in [-0.15, -0.1) is 11.3 Å². The summed E-state index contributed by atoms with van der Waals surface area (Å²) in [5.41, 5.74) is 0.0777. The standard InChI is InChI=1S/C29H35F3N6O3S/c1-17-13-38(14-18(2)35(17)3)24-12-22(30)21(29-33-19(16-42-29)15-37-7-9-41-10-8-37)11-23(24)34-28(40)20-5-6-25(39)36(4)26(20)27(31)32/h5-6,11-12,16-18,27H,7-10,13-15H2,1-4H3,(H,34,40)/t17-,18+. The number of alkyl halides is 2. The van der Waals surface area contributed by atoms with Crippen LogP contribution in [0.15, 0.2) is 34.4 Å². The van der Waals surface area contributed by atoms with Crippen molar-refractivity contribution >= 4 is 28.6 Å². The third-order valence-corrected chi connectivity index (χ3v) is 9.04. The number of likely N-dealkylation sites (N-methyl/N-ethyl adjacent to an activating group) is 1. The summed E-state index contributed by atoms with van der Waals surface area (Å²) in [6, 6.07) is 5.38. The number of aromatic nitrogens is 2. The van der Waals surface area contributed by atoms with Crippen molar-refractivity contribution in [2.75, 3.05) is 56.7 Å². The maximum absolute atomic E-state index is 15.8. The molecule has 3 aromatic rings. The molecular weight excluding hydrogens is 569 g/mol. The highest BCUT2D eigenvalue weighted by Crippen LogP contribution is 2.37. The van der Waals surface area contributed by atoms with Crippen LogP contribution < -0.4 is 15.8 Å². The number of morpholine rings is 1. The van der Waals surface area contributed by atoms with Gasteiger partial charge in [-0.3, -0.25) is 19.4 Å². The fourth-order valence-electron chi connectivity index (χ4n) is 5.48. The number of anilines is 2. The van der Waals surface area contributed by atoms with Crippen LogP contribution in [0.1, 0.15) is 42.0 Å². The zero-order valence-corrected chi connectivity index (χ0v) is 24.9. The third kappa shape index (κ3) is 6.24. The number of halogens is 3. The fourth-order valence-corrected chi connectivity index (χ4v) is 6.31. The van der Waals surface area contributed by atoms with Gasteiger partial charge in [0.2, 0.25) is 0 Å². The van der Waals surface area contributed by atoms with Crippen LogP contribution in [0.3, 0.4) is 0 Å². The Morgan fingerprint density at radius 3 is 2.50 bits per heavy atom. The first-order chi connectivity index (χ1) is 20.0. The number of nitrogens with zero attached hydrogens (tertiary/aromatic N) is 5. The lowest BCUT2D eigenvalue weighted by Crippen LogP contribution is -2.55. The third-order valence-electron chi connectivity index (χ3n) is 8.12. The molecule has 2 aliphatic rings. The Bertz CT molecular complexity index is 1490. The zero-order valence-electron chi connectivity index (χ0n) is 24.1. The van der Waals surface area contributed by atoms with E-state index in [2.05, 4.69) is 33.9 Å². The van der Waals surface area contributed by atoms with Gasteiger partial charge in [0.25, 0.3) is 17.9 Å². The quantitative estimate of drug-likeness (QED) is 0.433. The predicted octanol–water partition coefficient (Wildman–Crippen LogP) is 4.20. The van der Waals surface area contributed by atoms with Crippen molar-refractivity contribution in [3.8, 4) is 10.6 Å². The van der Waals surface area contributed by atoms with Crippen LogP contribution in [0.4, 0.5) is 24.5 Å². The number of ether oxygens (including phenoxy) is 1. The van der Waals surface area contributed by atoms with Gasteiger partial charge in [-0.2, -0.15) is 0 Å². The number of carbonyl (C=O) groups excluding carboxylic acids is 1. The number of rotatable bonds is 7. The van der Waals surface area contributed by atoms with Crippen LogP contribution in [0.5, 0.6) is 0 Å². The zero-order chi connectivity index (χ0) is 30.1. The first-order valence-corrected chi connectivity index (χ1v) is 14.8. The lowest BCUT2D eigenvalue weighted by atomic mass is 10.1. The number of benzene rings is 1. The normalized spacial score (nSPS) is 20.3. The van der Waals surface area contributed by atoms with Gasteiger partial charge in [0.05, 0.1) is 41.5 Å². The molecule has 0 aliphatic carbocycles. The fraction of sp³-hybridized carbons (Fsp3) is 0.483. The number of piperazine rings is 1. The highest BCUT2D eigenvalue weighted by Gasteiger charge is 2.30. The average molecular weight is 605 g/mol. The Balaban J connectivity index is 1.53. The number of nitrogens with one attached hydrogen (secondary N) is 1. The van der Waals surface area contributed by atoms with E-state index in [0.717, 1.165) is 35.5 Å². The topological polar surface area (TPSA) is 82.9 Å². The SMILES string of the molecule is C[C@@H]1CN(c2cc(F)c(-c3nc(CN4CCOCC4)cs3)cc2NC(=O)c2ccc(=O)n(C)c2C(F)F)C[C@H](C)N1C. The number of amides is 1. The molecule has 5 rings (SSSR count). The highest BCUT2D eigenvalue weighted by atomic mass is 32.1. The summed E-state index contributed by atoms with van der Waals surface area (Å²) in [5.74, 6) is -1.31. The van der Waals surface area contributed by atoms with E-state index < -0.39 is 29.4 Å². The van der Waals surface area contributed by atoms with Crippen molar-refractivity contribution in [2.45, 2.75) is 38.9 Å². The second-order valence-corrected chi connectivity index (χ2v) is 11.8. The molecule has 42 heavy (non-hydrogen) atoms. The molecule has 2 aliphatic heterocycles. The minimum Gasteiger partial charge on any atom is -0.379 e. The summed E-state index contributed by atoms with van der Waals surface area (Å²) in [7, 11) is 3.23. The molecule has 0 saturated carbocycles. The lowest BCUT2D eigenvalue weighted by molar-refractivity contribution is 0.0337. The van der Waals surface area contributed by atoms with Crippen molar-refractivity contribution in [1.82, 2.24) is 19.4 Å². The number of carbonyl (C=O) groups is 1. The van der Waals surface area contributed by atoms with E-state index in [0.29, 0.717) is 43.5 Å². The van der Waals surface area contributed by atoms with Crippen molar-refractivity contribution in [1.29, 1.82) is 0 Å². The van der Waals surface area contributed by atoms with E-state index >= 15 is 4.39 Å². The van der Waals surface area contributed by atoms with E-state index in [1.165, 1.54) is 30.5 Å². The number of hydrogen-bond donors (Lipinski definition) is 1. The molecule has 2 fully saturated rings. The Hall–Kier alpha value is -3.26. The van der Waals surface area contributed by atoms with E-state index in [9.17, 15) is 18.4 Å². The second kappa shape index (κ2) is 12.5. The van der Waals surface area contributed by atoms with Gasteiger partial charge in [0.1, 0.15) is 10.8 Å². The summed E-state index contributed by atoms with van der Waals surface area (Å²) < 4.78 is 49.9. The summed E-state index contributed by atoms with van der Waals surface area (Å²) in [5, 5.41) is 5.10. The van der Waals surface area contributed by atoms with Gasteiger partial charge in [-0.1, -0.05) is 0 Å². The summed E-state index contributed by atoms with van der Waals surface area (Å²) >= 11 is 1.30. The van der Waals surface area contributed by atoms with Crippen molar-refractivity contribution in [2.24, 2.45) is 7.05 Å². The van der Waals surface area contributed by atoms with Crippen LogP contribution in [0.2, 0.25) is 0 Å². The predicted molar refractivity (Wildman–Crippen MR) is 157 cm³/mol. The highest BCUT2D eigenvalue weighted by molar-refractivity contribution is 7.13. The lowest BCUT2D eigenvalue weighted by Gasteiger charge is -2.44. The van der Waals surface area contributed by atoms with Gasteiger partial charge in [0.15, 0.2) is 0 Å². The van der Waals surface area contributed by atoms with Crippen molar-refractivity contribution in [3.05, 3.63) is 62.8 Å².